The molecule has 2 aromatic rings. The Labute approximate surface area is 128 Å². The molecular formula is C16H16N2O2S. The lowest BCUT2D eigenvalue weighted by atomic mass is 10.1. The molecule has 0 heterocycles. The number of nitrogens with two attached hydrogens (primary N) is 1. The number of thiocarbonyl (C=S) groups is 1. The third-order valence-corrected chi connectivity index (χ3v) is 3.33. The zero-order valence-corrected chi connectivity index (χ0v) is 12.4. The van der Waals surface area contributed by atoms with Crippen molar-refractivity contribution in [2.75, 3.05) is 0 Å². The maximum Gasteiger partial charge on any atom is 0.255 e. The highest BCUT2D eigenvalue weighted by Gasteiger charge is 2.10. The molecule has 0 saturated carbocycles. The van der Waals surface area contributed by atoms with E-state index in [1.807, 2.05) is 31.2 Å². The van der Waals surface area contributed by atoms with E-state index in [-0.39, 0.29) is 17.2 Å². The minimum atomic E-state index is -0.314. The van der Waals surface area contributed by atoms with E-state index in [2.05, 4.69) is 5.32 Å². The van der Waals surface area contributed by atoms with Gasteiger partial charge >= 0.3 is 0 Å². The Hall–Kier alpha value is -2.40. The average molecular weight is 300 g/mol. The van der Waals surface area contributed by atoms with Crippen LogP contribution >= 0.6 is 12.2 Å². The van der Waals surface area contributed by atoms with Crippen molar-refractivity contribution in [1.82, 2.24) is 5.32 Å². The molecular weight excluding hydrogens is 284 g/mol. The summed E-state index contributed by atoms with van der Waals surface area (Å²) in [4.78, 5) is 12.4. The Balaban J connectivity index is 2.02. The van der Waals surface area contributed by atoms with Crippen LogP contribution in [0.5, 0.6) is 5.75 Å². The molecule has 4 nitrogen and oxygen atoms in total. The van der Waals surface area contributed by atoms with E-state index in [1.165, 1.54) is 0 Å². The van der Waals surface area contributed by atoms with E-state index in [9.17, 15) is 9.90 Å². The summed E-state index contributed by atoms with van der Waals surface area (Å²) in [7, 11) is 0. The molecule has 108 valence electrons. The third-order valence-electron chi connectivity index (χ3n) is 3.09. The number of carbonyl (C=O) groups is 1. The van der Waals surface area contributed by atoms with Crippen molar-refractivity contribution in [3.8, 4) is 5.75 Å². The number of phenols is 1. The molecule has 0 aliphatic heterocycles. The van der Waals surface area contributed by atoms with E-state index in [4.69, 9.17) is 18.0 Å². The smallest absolute Gasteiger partial charge is 0.255 e. The molecule has 0 spiro atoms. The van der Waals surface area contributed by atoms with Crippen molar-refractivity contribution in [1.29, 1.82) is 0 Å². The van der Waals surface area contributed by atoms with Crippen molar-refractivity contribution in [2.24, 2.45) is 5.73 Å². The van der Waals surface area contributed by atoms with Crippen LogP contribution < -0.4 is 11.1 Å². The predicted octanol–water partition coefficient (Wildman–Crippen LogP) is 2.26. The summed E-state index contributed by atoms with van der Waals surface area (Å²) in [6.07, 6.45) is 0. The number of benzene rings is 2. The molecule has 2 aromatic carbocycles. The van der Waals surface area contributed by atoms with E-state index < -0.39 is 0 Å². The highest BCUT2D eigenvalue weighted by Crippen LogP contribution is 2.18. The van der Waals surface area contributed by atoms with Crippen LogP contribution in [0.2, 0.25) is 0 Å². The molecule has 0 saturated heterocycles. The van der Waals surface area contributed by atoms with Gasteiger partial charge in [0.2, 0.25) is 0 Å². The molecule has 5 heteroatoms. The van der Waals surface area contributed by atoms with Crippen LogP contribution in [0.3, 0.4) is 0 Å². The van der Waals surface area contributed by atoms with Crippen molar-refractivity contribution < 1.29 is 9.90 Å². The number of carbonyl (C=O) groups excluding carboxylic acids is 1. The number of nitrogens with one attached hydrogen (secondary N) is 1. The van der Waals surface area contributed by atoms with Crippen LogP contribution in [0.25, 0.3) is 0 Å². The number of hydrogen-bond acceptors (Lipinski definition) is 3. The molecule has 0 bridgehead atoms. The third kappa shape index (κ3) is 3.79. The molecule has 1 amide bonds. The van der Waals surface area contributed by atoms with Crippen LogP contribution in [0.15, 0.2) is 42.5 Å². The first kappa shape index (κ1) is 15.0. The van der Waals surface area contributed by atoms with Crippen LogP contribution in [0.4, 0.5) is 0 Å². The molecule has 0 aliphatic rings. The first-order chi connectivity index (χ1) is 9.97. The first-order valence-corrected chi connectivity index (χ1v) is 6.85. The van der Waals surface area contributed by atoms with Gasteiger partial charge in [-0.3, -0.25) is 4.79 Å². The van der Waals surface area contributed by atoms with Gasteiger partial charge in [-0.1, -0.05) is 42.5 Å². The number of hydrogen-bond donors (Lipinski definition) is 3. The predicted molar refractivity (Wildman–Crippen MR) is 86.3 cm³/mol. The van der Waals surface area contributed by atoms with E-state index in [1.54, 1.807) is 18.2 Å². The van der Waals surface area contributed by atoms with Crippen LogP contribution in [0, 0.1) is 6.92 Å². The summed E-state index contributed by atoms with van der Waals surface area (Å²) in [6.45, 7) is 2.22. The lowest BCUT2D eigenvalue weighted by Crippen LogP contribution is -2.23. The van der Waals surface area contributed by atoms with Gasteiger partial charge < -0.3 is 16.2 Å². The average Bonchev–Trinajstić information content (AvgIpc) is 2.45. The maximum absolute atomic E-state index is 12.0. The maximum atomic E-state index is 12.0. The quantitative estimate of drug-likeness (QED) is 0.757. The monoisotopic (exact) mass is 300 g/mol. The normalized spacial score (nSPS) is 10.1. The minimum absolute atomic E-state index is 0.0173. The number of phenolic OH excluding ortho intramolecular Hbond substituents is 1. The zero-order chi connectivity index (χ0) is 15.4. The molecule has 0 aromatic heterocycles. The van der Waals surface area contributed by atoms with Gasteiger partial charge in [0.05, 0.1) is 5.56 Å². The highest BCUT2D eigenvalue weighted by molar-refractivity contribution is 7.80. The summed E-state index contributed by atoms with van der Waals surface area (Å²) in [5, 5.41) is 12.5. The number of aromatic hydroxyl groups is 1. The van der Waals surface area contributed by atoms with Gasteiger partial charge in [-0.25, -0.2) is 0 Å². The number of rotatable bonds is 4. The summed E-state index contributed by atoms with van der Waals surface area (Å²) in [5.41, 5.74) is 8.40. The van der Waals surface area contributed by atoms with Gasteiger partial charge in [0.25, 0.3) is 5.91 Å². The van der Waals surface area contributed by atoms with E-state index in [0.717, 1.165) is 16.7 Å². The van der Waals surface area contributed by atoms with Gasteiger partial charge in [0, 0.05) is 12.1 Å². The van der Waals surface area contributed by atoms with Crippen molar-refractivity contribution >= 4 is 23.1 Å². The standard InChI is InChI=1S/C16H16N2O2S/c1-10-2-7-13(14(19)8-10)16(20)18-9-11-3-5-12(6-4-11)15(17)21/h2-8,19H,9H2,1H3,(H2,17,21)(H,18,20). The summed E-state index contributed by atoms with van der Waals surface area (Å²) in [5.74, 6) is -0.331. The lowest BCUT2D eigenvalue weighted by molar-refractivity contribution is 0.0948. The molecule has 0 atom stereocenters. The summed E-state index contributed by atoms with van der Waals surface area (Å²) >= 11 is 4.88. The van der Waals surface area contributed by atoms with Crippen LogP contribution in [-0.4, -0.2) is 16.0 Å². The highest BCUT2D eigenvalue weighted by atomic mass is 32.1. The minimum Gasteiger partial charge on any atom is -0.507 e. The fourth-order valence-electron chi connectivity index (χ4n) is 1.90. The molecule has 0 aliphatic carbocycles. The molecule has 21 heavy (non-hydrogen) atoms. The topological polar surface area (TPSA) is 75.4 Å². The van der Waals surface area contributed by atoms with Gasteiger partial charge in [0.15, 0.2) is 0 Å². The number of aryl methyl sites for hydroxylation is 1. The lowest BCUT2D eigenvalue weighted by Gasteiger charge is -2.08. The first-order valence-electron chi connectivity index (χ1n) is 6.44. The largest absolute Gasteiger partial charge is 0.507 e. The van der Waals surface area contributed by atoms with Crippen molar-refractivity contribution in [3.05, 3.63) is 64.7 Å². The SMILES string of the molecule is Cc1ccc(C(=O)NCc2ccc(C(N)=S)cc2)c(O)c1. The Kier molecular flexibility index (Phi) is 4.55. The van der Waals surface area contributed by atoms with E-state index in [0.29, 0.717) is 11.5 Å². The van der Waals surface area contributed by atoms with Crippen LogP contribution in [0.1, 0.15) is 27.0 Å². The fourth-order valence-corrected chi connectivity index (χ4v) is 2.03. The van der Waals surface area contributed by atoms with Gasteiger partial charge in [-0.2, -0.15) is 0 Å². The Bertz CT molecular complexity index is 681. The molecule has 0 fully saturated rings. The van der Waals surface area contributed by atoms with Gasteiger partial charge in [-0.05, 0) is 30.2 Å². The second kappa shape index (κ2) is 6.37. The molecule has 0 unspecified atom stereocenters. The molecule has 4 N–H and O–H groups in total. The Morgan fingerprint density at radius 1 is 1.24 bits per heavy atom. The molecule has 0 radical (unpaired) electrons. The Morgan fingerprint density at radius 3 is 2.48 bits per heavy atom. The number of amides is 1. The second-order valence-electron chi connectivity index (χ2n) is 4.76. The van der Waals surface area contributed by atoms with E-state index >= 15 is 0 Å². The zero-order valence-electron chi connectivity index (χ0n) is 11.6. The summed E-state index contributed by atoms with van der Waals surface area (Å²) < 4.78 is 0. The van der Waals surface area contributed by atoms with Crippen molar-refractivity contribution in [2.45, 2.75) is 13.5 Å². The second-order valence-corrected chi connectivity index (χ2v) is 5.20. The fraction of sp³-hybridized carbons (Fsp3) is 0.125. The van der Waals surface area contributed by atoms with Crippen molar-refractivity contribution in [3.63, 3.8) is 0 Å². The van der Waals surface area contributed by atoms with Crippen LogP contribution in [-0.2, 0) is 6.54 Å². The molecule has 2 rings (SSSR count). The van der Waals surface area contributed by atoms with Gasteiger partial charge in [0.1, 0.15) is 10.7 Å². The summed E-state index contributed by atoms with van der Waals surface area (Å²) in [6, 6.07) is 12.3. The van der Waals surface area contributed by atoms with Gasteiger partial charge in [-0.15, -0.1) is 0 Å². The Morgan fingerprint density at radius 2 is 1.90 bits per heavy atom.